The minimum atomic E-state index is -0.215. The molecule has 2 heteroatoms. The second-order valence-corrected chi connectivity index (χ2v) is 20.6. The van der Waals surface area contributed by atoms with Gasteiger partial charge in [-0.25, -0.2) is 0 Å². The lowest BCUT2D eigenvalue weighted by molar-refractivity contribution is 0.660. The molecule has 12 aromatic rings. The Hall–Kier alpha value is -8.46. The summed E-state index contributed by atoms with van der Waals surface area (Å²) in [4.78, 5) is 4.88. The Labute approximate surface area is 409 Å². The van der Waals surface area contributed by atoms with Gasteiger partial charge in [0.2, 0.25) is 0 Å². The van der Waals surface area contributed by atoms with Crippen molar-refractivity contribution in [2.45, 2.75) is 38.5 Å². The Kier molecular flexibility index (Phi) is 8.71. The number of rotatable bonds is 6. The molecule has 0 atom stereocenters. The van der Waals surface area contributed by atoms with E-state index in [2.05, 4.69) is 268 Å². The van der Waals surface area contributed by atoms with E-state index in [0.29, 0.717) is 0 Å². The lowest BCUT2D eigenvalue weighted by Crippen LogP contribution is -2.17. The van der Waals surface area contributed by atoms with Crippen LogP contribution in [0.5, 0.6) is 0 Å². The van der Waals surface area contributed by atoms with Crippen LogP contribution in [0.15, 0.2) is 231 Å². The molecule has 0 saturated carbocycles. The molecule has 0 N–H and O–H groups in total. The van der Waals surface area contributed by atoms with Crippen molar-refractivity contribution >= 4 is 88.0 Å². The molecule has 0 amide bonds. The molecule has 0 aromatic heterocycles. The van der Waals surface area contributed by atoms with Crippen molar-refractivity contribution in [3.8, 4) is 22.3 Å². The number of nitrogens with zero attached hydrogens (tertiary/aromatic N) is 2. The Morgan fingerprint density at radius 1 is 0.243 bits per heavy atom. The quantitative estimate of drug-likeness (QED) is 0.164. The van der Waals surface area contributed by atoms with Crippen LogP contribution in [0.3, 0.4) is 0 Å². The standard InChI is InChI=1S/C68H50N2/c1-67(2)61-35-33-58-57(65(61)59-31-29-55(41-63(59)67)69(51-25-21-43-13-5-9-17-47(43)37-51)52-26-22-44-14-6-10-18-48(44)38-52)34-36-62-66(58)60-32-30-56(42-64(60)68(62,3)4)70(53-27-23-45-15-7-11-19-49(45)39-53)54-28-24-46-16-8-12-20-50(46)40-54/h5-42H,1-4H3. The molecule has 2 aliphatic carbocycles. The van der Waals surface area contributed by atoms with Crippen LogP contribution in [0.2, 0.25) is 0 Å². The summed E-state index contributed by atoms with van der Waals surface area (Å²) in [5, 5.41) is 12.5. The molecule has 0 bridgehead atoms. The molecule has 14 rings (SSSR count). The molecule has 0 unspecified atom stereocenters. The topological polar surface area (TPSA) is 6.48 Å². The van der Waals surface area contributed by atoms with E-state index >= 15 is 0 Å². The SMILES string of the molecule is CC1(C)c2cc(N(c3ccc4ccccc4c3)c3ccc4ccccc4c3)ccc2-c2c1ccc1c3c(ccc21)C(C)(C)c1cc(N(c2ccc4ccccc4c2)c2ccc4ccccc4c2)ccc1-3. The lowest BCUT2D eigenvalue weighted by atomic mass is 9.80. The normalized spacial score (nSPS) is 13.9. The van der Waals surface area contributed by atoms with Gasteiger partial charge in [-0.15, -0.1) is 0 Å². The van der Waals surface area contributed by atoms with Gasteiger partial charge < -0.3 is 9.80 Å². The van der Waals surface area contributed by atoms with Crippen molar-refractivity contribution in [1.82, 2.24) is 0 Å². The Morgan fingerprint density at radius 3 is 0.829 bits per heavy atom. The summed E-state index contributed by atoms with van der Waals surface area (Å²) in [5.41, 5.74) is 17.3. The van der Waals surface area contributed by atoms with Crippen LogP contribution in [-0.4, -0.2) is 0 Å². The first-order chi connectivity index (χ1) is 34.2. The van der Waals surface area contributed by atoms with Crippen LogP contribution in [0.4, 0.5) is 34.1 Å². The maximum atomic E-state index is 2.47. The second-order valence-electron chi connectivity index (χ2n) is 20.6. The van der Waals surface area contributed by atoms with Crippen molar-refractivity contribution in [2.75, 3.05) is 9.80 Å². The smallest absolute Gasteiger partial charge is 0.0468 e. The fourth-order valence-electron chi connectivity index (χ4n) is 12.3. The molecule has 2 aliphatic rings. The monoisotopic (exact) mass is 894 g/mol. The number of hydrogen-bond donors (Lipinski definition) is 0. The van der Waals surface area contributed by atoms with Crippen molar-refractivity contribution in [1.29, 1.82) is 0 Å². The Balaban J connectivity index is 0.908. The van der Waals surface area contributed by atoms with E-state index in [1.54, 1.807) is 0 Å². The maximum Gasteiger partial charge on any atom is 0.0468 e. The molecule has 2 nitrogen and oxygen atoms in total. The minimum Gasteiger partial charge on any atom is -0.310 e. The number of fused-ring (bicyclic) bond motifs is 13. The molecule has 332 valence electrons. The summed E-state index contributed by atoms with van der Waals surface area (Å²) in [7, 11) is 0. The van der Waals surface area contributed by atoms with Crippen molar-refractivity contribution in [2.24, 2.45) is 0 Å². The molecule has 0 spiro atoms. The van der Waals surface area contributed by atoms with Gasteiger partial charge >= 0.3 is 0 Å². The zero-order valence-corrected chi connectivity index (χ0v) is 39.8. The highest BCUT2D eigenvalue weighted by Crippen LogP contribution is 2.58. The van der Waals surface area contributed by atoms with Gasteiger partial charge in [-0.3, -0.25) is 0 Å². The van der Waals surface area contributed by atoms with E-state index in [0.717, 1.165) is 34.1 Å². The van der Waals surface area contributed by atoms with Gasteiger partial charge in [0, 0.05) is 45.0 Å². The van der Waals surface area contributed by atoms with Gasteiger partial charge in [0.05, 0.1) is 0 Å². The number of benzene rings is 12. The summed E-state index contributed by atoms with van der Waals surface area (Å²) >= 11 is 0. The highest BCUT2D eigenvalue weighted by Gasteiger charge is 2.41. The largest absolute Gasteiger partial charge is 0.310 e. The molecule has 0 radical (unpaired) electrons. The summed E-state index contributed by atoms with van der Waals surface area (Å²) < 4.78 is 0. The first-order valence-electron chi connectivity index (χ1n) is 24.7. The lowest BCUT2D eigenvalue weighted by Gasteiger charge is -2.28. The Bertz CT molecular complexity index is 3730. The van der Waals surface area contributed by atoms with Crippen LogP contribution >= 0.6 is 0 Å². The van der Waals surface area contributed by atoms with E-state index in [1.165, 1.54) is 98.4 Å². The third kappa shape index (κ3) is 6.06. The van der Waals surface area contributed by atoms with Crippen LogP contribution in [0, 0.1) is 0 Å². The molecule has 0 heterocycles. The number of anilines is 6. The highest BCUT2D eigenvalue weighted by atomic mass is 15.1. The first-order valence-corrected chi connectivity index (χ1v) is 24.7. The van der Waals surface area contributed by atoms with Crippen molar-refractivity contribution < 1.29 is 0 Å². The van der Waals surface area contributed by atoms with Crippen molar-refractivity contribution in [3.63, 3.8) is 0 Å². The zero-order valence-electron chi connectivity index (χ0n) is 39.8. The molecule has 12 aromatic carbocycles. The second kappa shape index (κ2) is 15.0. The van der Waals surface area contributed by atoms with E-state index in [1.807, 2.05) is 0 Å². The van der Waals surface area contributed by atoms with Crippen LogP contribution in [0.25, 0.3) is 76.1 Å². The predicted molar refractivity (Wildman–Crippen MR) is 298 cm³/mol. The van der Waals surface area contributed by atoms with Gasteiger partial charge in [0.15, 0.2) is 0 Å². The minimum absolute atomic E-state index is 0.215. The van der Waals surface area contributed by atoms with Gasteiger partial charge in [0.1, 0.15) is 0 Å². The molecule has 0 aliphatic heterocycles. The van der Waals surface area contributed by atoms with E-state index < -0.39 is 0 Å². The molecule has 0 saturated heterocycles. The maximum absolute atomic E-state index is 2.47. The zero-order chi connectivity index (χ0) is 46.9. The first kappa shape index (κ1) is 40.6. The third-order valence-electron chi connectivity index (χ3n) is 15.9. The molecular formula is C68H50N2. The van der Waals surface area contributed by atoms with Crippen LogP contribution in [0.1, 0.15) is 49.9 Å². The van der Waals surface area contributed by atoms with Crippen LogP contribution in [-0.2, 0) is 10.8 Å². The molecule has 0 fully saturated rings. The fourth-order valence-corrected chi connectivity index (χ4v) is 12.3. The predicted octanol–water partition coefficient (Wildman–Crippen LogP) is 19.0. The van der Waals surface area contributed by atoms with Crippen molar-refractivity contribution in [3.05, 3.63) is 253 Å². The summed E-state index contributed by atoms with van der Waals surface area (Å²) in [6.07, 6.45) is 0. The average molecular weight is 895 g/mol. The molecular weight excluding hydrogens is 845 g/mol. The Morgan fingerprint density at radius 2 is 0.514 bits per heavy atom. The van der Waals surface area contributed by atoms with Gasteiger partial charge in [0.25, 0.3) is 0 Å². The van der Waals surface area contributed by atoms with E-state index in [-0.39, 0.29) is 10.8 Å². The summed E-state index contributed by atoms with van der Waals surface area (Å²) in [6, 6.07) is 86.2. The summed E-state index contributed by atoms with van der Waals surface area (Å²) in [5.74, 6) is 0. The summed E-state index contributed by atoms with van der Waals surface area (Å²) in [6.45, 7) is 9.64. The average Bonchev–Trinajstić information content (AvgIpc) is 3.77. The van der Waals surface area contributed by atoms with Gasteiger partial charge in [-0.1, -0.05) is 185 Å². The highest BCUT2D eigenvalue weighted by molar-refractivity contribution is 6.11. The van der Waals surface area contributed by atoms with Gasteiger partial charge in [-0.05, 0) is 171 Å². The van der Waals surface area contributed by atoms with Crippen LogP contribution < -0.4 is 9.80 Å². The molecule has 70 heavy (non-hydrogen) atoms. The van der Waals surface area contributed by atoms with Gasteiger partial charge in [-0.2, -0.15) is 0 Å². The third-order valence-corrected chi connectivity index (χ3v) is 15.9. The van der Waals surface area contributed by atoms with E-state index in [4.69, 9.17) is 0 Å². The number of hydrogen-bond acceptors (Lipinski definition) is 2. The van der Waals surface area contributed by atoms with E-state index in [9.17, 15) is 0 Å². The fraction of sp³-hybridized carbons (Fsp3) is 0.0882.